The number of hydrogen-bond donors (Lipinski definition) is 1. The number of hydrogen-bond acceptors (Lipinski definition) is 4. The quantitative estimate of drug-likeness (QED) is 0.904. The van der Waals surface area contributed by atoms with Crippen LogP contribution in [0.5, 0.6) is 11.5 Å². The molecule has 5 nitrogen and oxygen atoms in total. The molecule has 5 heteroatoms. The number of fused-ring (bicyclic) bond motifs is 3. The fourth-order valence-electron chi connectivity index (χ4n) is 5.45. The minimum atomic E-state index is 0.137. The highest BCUT2D eigenvalue weighted by atomic mass is 16.6. The molecule has 26 heavy (non-hydrogen) atoms. The monoisotopic (exact) mass is 356 g/mol. The summed E-state index contributed by atoms with van der Waals surface area (Å²) in [4.78, 5) is 15.2. The molecular formula is C21H28N2O3. The highest BCUT2D eigenvalue weighted by molar-refractivity contribution is 5.77. The normalized spacial score (nSPS) is 32.7. The number of carbonyl (C=O) groups is 1. The molecule has 4 aliphatic heterocycles. The number of piperidine rings is 1. The Balaban J connectivity index is 1.32. The number of carbonyl (C=O) groups excluding carboxylic acids is 1. The number of nitrogens with one attached hydrogen (secondary N) is 1. The van der Waals surface area contributed by atoms with E-state index in [-0.39, 0.29) is 6.04 Å². The molecule has 4 aliphatic rings. The Morgan fingerprint density at radius 2 is 1.92 bits per heavy atom. The summed E-state index contributed by atoms with van der Waals surface area (Å²) in [6.45, 7) is 2.05. The van der Waals surface area contributed by atoms with Crippen molar-refractivity contribution in [1.29, 1.82) is 0 Å². The van der Waals surface area contributed by atoms with Crippen LogP contribution in [-0.4, -0.2) is 42.6 Å². The van der Waals surface area contributed by atoms with Gasteiger partial charge >= 0.3 is 0 Å². The maximum absolute atomic E-state index is 13.1. The average molecular weight is 356 g/mol. The fourth-order valence-corrected chi connectivity index (χ4v) is 5.45. The number of likely N-dealkylation sites (tertiary alicyclic amines) is 1. The predicted octanol–water partition coefficient (Wildman–Crippen LogP) is 3.04. The molecule has 2 bridgehead atoms. The van der Waals surface area contributed by atoms with Gasteiger partial charge in [-0.25, -0.2) is 0 Å². The molecule has 3 unspecified atom stereocenters. The van der Waals surface area contributed by atoms with Crippen LogP contribution in [0.2, 0.25) is 0 Å². The Morgan fingerprint density at radius 3 is 2.77 bits per heavy atom. The third-order valence-corrected chi connectivity index (χ3v) is 6.56. The van der Waals surface area contributed by atoms with Crippen LogP contribution in [0.4, 0.5) is 0 Å². The van der Waals surface area contributed by atoms with Gasteiger partial charge in [0.25, 0.3) is 0 Å². The Bertz CT molecular complexity index is 680. The minimum Gasteiger partial charge on any atom is -0.486 e. The zero-order chi connectivity index (χ0) is 17.5. The molecule has 0 aromatic heterocycles. The molecule has 3 fully saturated rings. The van der Waals surface area contributed by atoms with E-state index in [1.807, 2.05) is 12.1 Å². The van der Waals surface area contributed by atoms with Crippen LogP contribution in [0.25, 0.3) is 0 Å². The van der Waals surface area contributed by atoms with Crippen LogP contribution in [-0.2, 0) is 4.79 Å². The highest BCUT2D eigenvalue weighted by Gasteiger charge is 2.37. The van der Waals surface area contributed by atoms with Gasteiger partial charge in [-0.3, -0.25) is 4.79 Å². The van der Waals surface area contributed by atoms with E-state index in [0.29, 0.717) is 43.5 Å². The van der Waals surface area contributed by atoms with Crippen LogP contribution in [0.15, 0.2) is 18.2 Å². The molecule has 1 aromatic rings. The van der Waals surface area contributed by atoms with Crippen LogP contribution in [0, 0.1) is 5.92 Å². The number of ether oxygens (including phenoxy) is 2. The summed E-state index contributed by atoms with van der Waals surface area (Å²) in [5, 5.41) is 3.68. The first-order valence-electron chi connectivity index (χ1n) is 10.2. The smallest absolute Gasteiger partial charge is 0.223 e. The molecule has 4 heterocycles. The Labute approximate surface area is 155 Å². The molecule has 3 saturated heterocycles. The summed E-state index contributed by atoms with van der Waals surface area (Å²) in [6.07, 6.45) is 7.69. The van der Waals surface area contributed by atoms with Crippen molar-refractivity contribution in [3.05, 3.63) is 23.8 Å². The first kappa shape index (κ1) is 16.4. The maximum atomic E-state index is 13.1. The third kappa shape index (κ3) is 2.96. The zero-order valence-corrected chi connectivity index (χ0v) is 15.3. The first-order valence-corrected chi connectivity index (χ1v) is 10.2. The van der Waals surface area contributed by atoms with Gasteiger partial charge < -0.3 is 19.7 Å². The van der Waals surface area contributed by atoms with E-state index in [9.17, 15) is 4.79 Å². The Kier molecular flexibility index (Phi) is 4.27. The lowest BCUT2D eigenvalue weighted by molar-refractivity contribution is -0.133. The molecule has 1 N–H and O–H groups in total. The molecule has 3 atom stereocenters. The van der Waals surface area contributed by atoms with Gasteiger partial charge in [0.1, 0.15) is 13.2 Å². The van der Waals surface area contributed by atoms with Crippen molar-refractivity contribution in [3.63, 3.8) is 0 Å². The van der Waals surface area contributed by atoms with E-state index >= 15 is 0 Å². The second-order valence-electron chi connectivity index (χ2n) is 8.30. The second-order valence-corrected chi connectivity index (χ2v) is 8.30. The first-order chi connectivity index (χ1) is 12.8. The van der Waals surface area contributed by atoms with E-state index in [2.05, 4.69) is 16.3 Å². The minimum absolute atomic E-state index is 0.137. The predicted molar refractivity (Wildman–Crippen MR) is 98.4 cm³/mol. The van der Waals surface area contributed by atoms with E-state index < -0.39 is 0 Å². The molecule has 1 aromatic carbocycles. The summed E-state index contributed by atoms with van der Waals surface area (Å²) < 4.78 is 11.6. The molecule has 0 radical (unpaired) electrons. The standard InChI is InChI=1S/C21H28N2O3/c24-20(13-14-11-15-6-7-16(12-14)22-15)23-8-2-4-18(23)17-3-1-5-19-21(17)26-10-9-25-19/h1,3,5,14-16,18,22H,2,4,6-13H2. The summed E-state index contributed by atoms with van der Waals surface area (Å²) in [5.41, 5.74) is 1.12. The maximum Gasteiger partial charge on any atom is 0.223 e. The van der Waals surface area contributed by atoms with Crippen molar-refractivity contribution in [2.24, 2.45) is 5.92 Å². The topological polar surface area (TPSA) is 50.8 Å². The van der Waals surface area contributed by atoms with Gasteiger partial charge in [0.15, 0.2) is 11.5 Å². The number of rotatable bonds is 3. The van der Waals surface area contributed by atoms with Gasteiger partial charge in [-0.15, -0.1) is 0 Å². The van der Waals surface area contributed by atoms with Gasteiger partial charge in [-0.2, -0.15) is 0 Å². The van der Waals surface area contributed by atoms with Crippen molar-refractivity contribution in [2.75, 3.05) is 19.8 Å². The van der Waals surface area contributed by atoms with Gasteiger partial charge in [0.05, 0.1) is 6.04 Å². The molecule has 0 aliphatic carbocycles. The van der Waals surface area contributed by atoms with E-state index in [1.165, 1.54) is 25.7 Å². The van der Waals surface area contributed by atoms with Crippen molar-refractivity contribution >= 4 is 5.91 Å². The summed E-state index contributed by atoms with van der Waals surface area (Å²) in [5.74, 6) is 2.55. The number of nitrogens with zero attached hydrogens (tertiary/aromatic N) is 1. The van der Waals surface area contributed by atoms with Crippen molar-refractivity contribution < 1.29 is 14.3 Å². The fraction of sp³-hybridized carbons (Fsp3) is 0.667. The van der Waals surface area contributed by atoms with E-state index in [4.69, 9.17) is 9.47 Å². The van der Waals surface area contributed by atoms with Crippen LogP contribution in [0.3, 0.4) is 0 Å². The van der Waals surface area contributed by atoms with Crippen LogP contribution >= 0.6 is 0 Å². The SMILES string of the molecule is O=C(CC1CC2CCC(C1)N2)N1CCCC1c1cccc2c1OCCO2. The lowest BCUT2D eigenvalue weighted by Gasteiger charge is -2.32. The lowest BCUT2D eigenvalue weighted by Crippen LogP contribution is -2.40. The van der Waals surface area contributed by atoms with Crippen molar-refractivity contribution in [3.8, 4) is 11.5 Å². The second kappa shape index (κ2) is 6.76. The zero-order valence-electron chi connectivity index (χ0n) is 15.3. The molecule has 1 amide bonds. The van der Waals surface area contributed by atoms with E-state index in [0.717, 1.165) is 36.4 Å². The average Bonchev–Trinajstić information content (AvgIpc) is 3.28. The molecule has 140 valence electrons. The van der Waals surface area contributed by atoms with Gasteiger partial charge in [0, 0.05) is 30.6 Å². The summed E-state index contributed by atoms with van der Waals surface area (Å²) in [6, 6.07) is 7.52. The third-order valence-electron chi connectivity index (χ3n) is 6.56. The van der Waals surface area contributed by atoms with Crippen LogP contribution in [0.1, 0.15) is 56.6 Å². The van der Waals surface area contributed by atoms with Crippen LogP contribution < -0.4 is 14.8 Å². The number of para-hydroxylation sites is 1. The largest absolute Gasteiger partial charge is 0.486 e. The molecule has 0 saturated carbocycles. The number of amides is 1. The lowest BCUT2D eigenvalue weighted by atomic mass is 9.89. The summed E-state index contributed by atoms with van der Waals surface area (Å²) >= 11 is 0. The van der Waals surface area contributed by atoms with Gasteiger partial charge in [0.2, 0.25) is 5.91 Å². The van der Waals surface area contributed by atoms with Gasteiger partial charge in [-0.1, -0.05) is 12.1 Å². The Hall–Kier alpha value is -1.75. The molecule has 5 rings (SSSR count). The summed E-state index contributed by atoms with van der Waals surface area (Å²) in [7, 11) is 0. The van der Waals surface area contributed by atoms with Crippen molar-refractivity contribution in [1.82, 2.24) is 10.2 Å². The highest BCUT2D eigenvalue weighted by Crippen LogP contribution is 2.43. The van der Waals surface area contributed by atoms with Crippen molar-refractivity contribution in [2.45, 2.75) is 63.1 Å². The Morgan fingerprint density at radius 1 is 1.12 bits per heavy atom. The number of benzene rings is 1. The van der Waals surface area contributed by atoms with Gasteiger partial charge in [-0.05, 0) is 50.5 Å². The molecule has 0 spiro atoms. The van der Waals surface area contributed by atoms with E-state index in [1.54, 1.807) is 0 Å². The molecular weight excluding hydrogens is 328 g/mol.